The lowest BCUT2D eigenvalue weighted by molar-refractivity contribution is 0.771. The highest BCUT2D eigenvalue weighted by atomic mass is 35.5. The van der Waals surface area contributed by atoms with Crippen LogP contribution in [0.15, 0.2) is 54.7 Å². The molecule has 0 amide bonds. The number of rotatable bonds is 6. The van der Waals surface area contributed by atoms with Crippen LogP contribution in [0.25, 0.3) is 0 Å². The van der Waals surface area contributed by atoms with Gasteiger partial charge in [-0.1, -0.05) is 53.5 Å². The van der Waals surface area contributed by atoms with Crippen molar-refractivity contribution in [3.05, 3.63) is 70.3 Å². The van der Waals surface area contributed by atoms with E-state index in [1.165, 1.54) is 5.56 Å². The van der Waals surface area contributed by atoms with Gasteiger partial charge in [-0.25, -0.2) is 0 Å². The molecule has 128 valence electrons. The van der Waals surface area contributed by atoms with E-state index in [0.717, 1.165) is 6.54 Å². The van der Waals surface area contributed by atoms with Crippen molar-refractivity contribution in [2.75, 3.05) is 16.8 Å². The number of aromatic nitrogens is 3. The molecule has 3 aromatic rings. The first kappa shape index (κ1) is 17.5. The van der Waals surface area contributed by atoms with E-state index in [-0.39, 0.29) is 0 Å². The molecule has 5 nitrogen and oxygen atoms in total. The lowest BCUT2D eigenvalue weighted by atomic mass is 10.2. The predicted molar refractivity (Wildman–Crippen MR) is 103 cm³/mol. The molecule has 3 rings (SSSR count). The van der Waals surface area contributed by atoms with E-state index in [9.17, 15) is 0 Å². The maximum atomic E-state index is 6.20. The van der Waals surface area contributed by atoms with Gasteiger partial charge in [0.2, 0.25) is 5.95 Å². The lowest BCUT2D eigenvalue weighted by Crippen LogP contribution is -2.24. The maximum Gasteiger partial charge on any atom is 0.247 e. The molecule has 0 unspecified atom stereocenters. The second kappa shape index (κ2) is 8.14. The summed E-state index contributed by atoms with van der Waals surface area (Å²) in [5.74, 6) is 1.13. The summed E-state index contributed by atoms with van der Waals surface area (Å²) in [5, 5.41) is 12.5. The third-order valence-corrected chi connectivity index (χ3v) is 4.17. The maximum absolute atomic E-state index is 6.20. The van der Waals surface area contributed by atoms with E-state index in [1.807, 2.05) is 18.2 Å². The van der Waals surface area contributed by atoms with E-state index >= 15 is 0 Å². The Balaban J connectivity index is 1.80. The Morgan fingerprint density at radius 2 is 1.88 bits per heavy atom. The second-order valence-electron chi connectivity index (χ2n) is 5.39. The van der Waals surface area contributed by atoms with Gasteiger partial charge in [-0.3, -0.25) is 0 Å². The van der Waals surface area contributed by atoms with Crippen molar-refractivity contribution < 1.29 is 0 Å². The molecule has 0 aliphatic carbocycles. The number of nitrogens with zero attached hydrogens (tertiary/aromatic N) is 4. The minimum absolute atomic E-state index is 0.518. The van der Waals surface area contributed by atoms with Crippen LogP contribution < -0.4 is 10.2 Å². The third kappa shape index (κ3) is 4.59. The molecule has 0 saturated carbocycles. The van der Waals surface area contributed by atoms with Crippen molar-refractivity contribution in [2.45, 2.75) is 13.5 Å². The molecule has 0 spiro atoms. The van der Waals surface area contributed by atoms with Gasteiger partial charge in [0.15, 0.2) is 5.82 Å². The summed E-state index contributed by atoms with van der Waals surface area (Å²) in [4.78, 5) is 6.60. The molecular weight excluding hydrogens is 357 g/mol. The summed E-state index contributed by atoms with van der Waals surface area (Å²) < 4.78 is 0. The van der Waals surface area contributed by atoms with Crippen LogP contribution in [0.2, 0.25) is 10.0 Å². The Labute approximate surface area is 156 Å². The molecule has 0 atom stereocenters. The van der Waals surface area contributed by atoms with Gasteiger partial charge in [-0.15, -0.1) is 5.10 Å². The quantitative estimate of drug-likeness (QED) is 0.662. The number of hydrogen-bond acceptors (Lipinski definition) is 5. The van der Waals surface area contributed by atoms with Gasteiger partial charge in [0.1, 0.15) is 0 Å². The van der Waals surface area contributed by atoms with Crippen molar-refractivity contribution >= 4 is 40.7 Å². The zero-order chi connectivity index (χ0) is 17.6. The van der Waals surface area contributed by atoms with E-state index < -0.39 is 0 Å². The molecular formula is C18H17Cl2N5. The van der Waals surface area contributed by atoms with Gasteiger partial charge < -0.3 is 10.2 Å². The average molecular weight is 374 g/mol. The van der Waals surface area contributed by atoms with Crippen LogP contribution >= 0.6 is 23.2 Å². The molecule has 0 aliphatic rings. The third-order valence-electron chi connectivity index (χ3n) is 3.62. The Hall–Kier alpha value is -2.37. The zero-order valence-electron chi connectivity index (χ0n) is 13.7. The molecule has 2 aromatic carbocycles. The van der Waals surface area contributed by atoms with Crippen LogP contribution in [0.5, 0.6) is 0 Å². The molecule has 0 aliphatic heterocycles. The summed E-state index contributed by atoms with van der Waals surface area (Å²) in [7, 11) is 0. The fourth-order valence-electron chi connectivity index (χ4n) is 2.34. The van der Waals surface area contributed by atoms with Gasteiger partial charge in [-0.2, -0.15) is 10.1 Å². The van der Waals surface area contributed by atoms with E-state index in [1.54, 1.807) is 24.4 Å². The summed E-state index contributed by atoms with van der Waals surface area (Å²) in [5.41, 5.74) is 1.90. The second-order valence-corrected chi connectivity index (χ2v) is 6.23. The fraction of sp³-hybridized carbons (Fsp3) is 0.167. The Kier molecular flexibility index (Phi) is 5.68. The minimum Gasteiger partial charge on any atom is -0.338 e. The number of benzene rings is 2. The monoisotopic (exact) mass is 373 g/mol. The Morgan fingerprint density at radius 1 is 1.08 bits per heavy atom. The van der Waals surface area contributed by atoms with Crippen LogP contribution in [0.1, 0.15) is 12.5 Å². The van der Waals surface area contributed by atoms with E-state index in [0.29, 0.717) is 34.0 Å². The van der Waals surface area contributed by atoms with Gasteiger partial charge in [0.05, 0.1) is 16.9 Å². The molecule has 1 heterocycles. The first-order chi connectivity index (χ1) is 12.2. The summed E-state index contributed by atoms with van der Waals surface area (Å²) in [6, 6.07) is 15.4. The van der Waals surface area contributed by atoms with Crippen LogP contribution in [-0.4, -0.2) is 21.7 Å². The lowest BCUT2D eigenvalue weighted by Gasteiger charge is -2.20. The van der Waals surface area contributed by atoms with Crippen LogP contribution in [0, 0.1) is 0 Å². The zero-order valence-corrected chi connectivity index (χ0v) is 15.2. The van der Waals surface area contributed by atoms with Crippen molar-refractivity contribution in [1.29, 1.82) is 0 Å². The van der Waals surface area contributed by atoms with Gasteiger partial charge in [-0.05, 0) is 30.7 Å². The van der Waals surface area contributed by atoms with Crippen LogP contribution in [0.3, 0.4) is 0 Å². The number of halogens is 2. The minimum atomic E-state index is 0.518. The van der Waals surface area contributed by atoms with E-state index in [2.05, 4.69) is 44.5 Å². The summed E-state index contributed by atoms with van der Waals surface area (Å²) >= 11 is 12.1. The Bertz CT molecular complexity index is 842. The van der Waals surface area contributed by atoms with Crippen molar-refractivity contribution in [3.8, 4) is 0 Å². The molecule has 0 fully saturated rings. The standard InChI is InChI=1S/C18H17Cl2N5/c1-2-25(12-13-6-4-3-5-7-13)18-23-17(11-21-24-18)22-16-9-8-14(19)10-15(16)20/h3-11H,2,12H2,1H3,(H,22,23,24). The smallest absolute Gasteiger partial charge is 0.247 e. The van der Waals surface area contributed by atoms with Gasteiger partial charge >= 0.3 is 0 Å². The predicted octanol–water partition coefficient (Wildman–Crippen LogP) is 4.95. The first-order valence-corrected chi connectivity index (χ1v) is 8.62. The highest BCUT2D eigenvalue weighted by molar-refractivity contribution is 6.36. The van der Waals surface area contributed by atoms with Crippen molar-refractivity contribution in [3.63, 3.8) is 0 Å². The molecule has 1 aromatic heterocycles. The van der Waals surface area contributed by atoms with E-state index in [4.69, 9.17) is 23.2 Å². The number of hydrogen-bond donors (Lipinski definition) is 1. The van der Waals surface area contributed by atoms with Crippen LogP contribution in [-0.2, 0) is 6.54 Å². The highest BCUT2D eigenvalue weighted by Crippen LogP contribution is 2.27. The molecule has 1 N–H and O–H groups in total. The SMILES string of the molecule is CCN(Cc1ccccc1)c1nncc(Nc2ccc(Cl)cc2Cl)n1. The van der Waals surface area contributed by atoms with Crippen LogP contribution in [0.4, 0.5) is 17.5 Å². The van der Waals surface area contributed by atoms with Crippen molar-refractivity contribution in [2.24, 2.45) is 0 Å². The number of anilines is 3. The molecule has 0 radical (unpaired) electrons. The topological polar surface area (TPSA) is 53.9 Å². The Morgan fingerprint density at radius 3 is 2.60 bits per heavy atom. The molecule has 0 saturated heterocycles. The average Bonchev–Trinajstić information content (AvgIpc) is 2.63. The molecule has 0 bridgehead atoms. The highest BCUT2D eigenvalue weighted by Gasteiger charge is 2.11. The van der Waals surface area contributed by atoms with Gasteiger partial charge in [0.25, 0.3) is 0 Å². The fourth-order valence-corrected chi connectivity index (χ4v) is 2.80. The molecule has 25 heavy (non-hydrogen) atoms. The van der Waals surface area contributed by atoms with Crippen molar-refractivity contribution in [1.82, 2.24) is 15.2 Å². The normalized spacial score (nSPS) is 10.5. The van der Waals surface area contributed by atoms with Gasteiger partial charge in [0, 0.05) is 18.1 Å². The molecule has 7 heteroatoms. The summed E-state index contributed by atoms with van der Waals surface area (Å²) in [6.45, 7) is 3.54. The number of nitrogens with one attached hydrogen (secondary N) is 1. The first-order valence-electron chi connectivity index (χ1n) is 7.86. The largest absolute Gasteiger partial charge is 0.338 e. The summed E-state index contributed by atoms with van der Waals surface area (Å²) in [6.07, 6.45) is 1.56.